The maximum absolute atomic E-state index is 11.9. The molecule has 0 saturated heterocycles. The van der Waals surface area contributed by atoms with E-state index in [4.69, 9.17) is 4.74 Å². The number of aliphatic imine (C=N–C) groups is 1. The predicted molar refractivity (Wildman–Crippen MR) is 116 cm³/mol. The van der Waals surface area contributed by atoms with E-state index < -0.39 is 0 Å². The average Bonchev–Trinajstić information content (AvgIpc) is 3.19. The molecule has 2 rings (SSSR count). The summed E-state index contributed by atoms with van der Waals surface area (Å²) in [6.07, 6.45) is 1.73. The average molecular weight is 403 g/mol. The highest BCUT2D eigenvalue weighted by atomic mass is 32.1. The topological polar surface area (TPSA) is 66.0 Å². The van der Waals surface area contributed by atoms with Crippen LogP contribution in [0, 0.1) is 6.92 Å². The van der Waals surface area contributed by atoms with Crippen molar-refractivity contribution in [1.29, 1.82) is 0 Å². The molecule has 0 aliphatic rings. The van der Waals surface area contributed by atoms with Crippen LogP contribution in [-0.2, 0) is 17.6 Å². The van der Waals surface area contributed by atoms with Crippen LogP contribution < -0.4 is 15.4 Å². The minimum absolute atomic E-state index is 0.0280. The first-order chi connectivity index (χ1) is 13.5. The number of likely N-dealkylation sites (N-methyl/N-ethyl adjacent to an activating group) is 1. The van der Waals surface area contributed by atoms with Crippen molar-refractivity contribution in [3.05, 3.63) is 51.7 Å². The first-order valence-electron chi connectivity index (χ1n) is 9.38. The fourth-order valence-corrected chi connectivity index (χ4v) is 3.35. The SMILES string of the molecule is COc1ccc(C)cc1CCNC(=NCC(=O)N(C)C)NCCc1cccs1. The smallest absolute Gasteiger partial charge is 0.243 e. The summed E-state index contributed by atoms with van der Waals surface area (Å²) in [5, 5.41) is 8.73. The number of rotatable bonds is 9. The Balaban J connectivity index is 1.93. The van der Waals surface area contributed by atoms with Crippen molar-refractivity contribution in [2.24, 2.45) is 4.99 Å². The highest BCUT2D eigenvalue weighted by molar-refractivity contribution is 7.09. The van der Waals surface area contributed by atoms with Crippen molar-refractivity contribution in [1.82, 2.24) is 15.5 Å². The molecule has 1 aromatic carbocycles. The Kier molecular flexibility index (Phi) is 8.81. The summed E-state index contributed by atoms with van der Waals surface area (Å²) in [7, 11) is 5.16. The fraction of sp³-hybridized carbons (Fsp3) is 0.429. The van der Waals surface area contributed by atoms with Gasteiger partial charge in [-0.15, -0.1) is 11.3 Å². The van der Waals surface area contributed by atoms with E-state index in [1.165, 1.54) is 10.4 Å². The lowest BCUT2D eigenvalue weighted by Gasteiger charge is -2.15. The van der Waals surface area contributed by atoms with Gasteiger partial charge in [-0.2, -0.15) is 0 Å². The standard InChI is InChI=1S/C21H30N4O2S/c1-16-7-8-19(27-4)17(14-16)9-11-22-21(24-15-20(26)25(2)3)23-12-10-18-6-5-13-28-18/h5-8,13-14H,9-12,15H2,1-4H3,(H2,22,23,24). The van der Waals surface area contributed by atoms with Gasteiger partial charge in [0.1, 0.15) is 12.3 Å². The summed E-state index contributed by atoms with van der Waals surface area (Å²) < 4.78 is 5.45. The summed E-state index contributed by atoms with van der Waals surface area (Å²) in [5.41, 5.74) is 2.35. The van der Waals surface area contributed by atoms with E-state index in [0.717, 1.165) is 30.7 Å². The monoisotopic (exact) mass is 402 g/mol. The third-order valence-electron chi connectivity index (χ3n) is 4.24. The Labute approximate surface area is 171 Å². The number of methoxy groups -OCH3 is 1. The molecule has 0 atom stereocenters. The molecule has 1 amide bonds. The normalized spacial score (nSPS) is 11.2. The first kappa shape index (κ1) is 21.8. The number of thiophene rings is 1. The van der Waals surface area contributed by atoms with Gasteiger partial charge in [0.2, 0.25) is 5.91 Å². The molecule has 0 radical (unpaired) electrons. The van der Waals surface area contributed by atoms with E-state index in [1.54, 1.807) is 37.4 Å². The molecule has 1 heterocycles. The van der Waals surface area contributed by atoms with Crippen LogP contribution in [0.5, 0.6) is 5.75 Å². The third-order valence-corrected chi connectivity index (χ3v) is 5.17. The zero-order chi connectivity index (χ0) is 20.4. The van der Waals surface area contributed by atoms with Gasteiger partial charge in [0.05, 0.1) is 7.11 Å². The molecule has 0 saturated carbocycles. The number of carbonyl (C=O) groups is 1. The number of hydrogen-bond acceptors (Lipinski definition) is 4. The van der Waals surface area contributed by atoms with Crippen molar-refractivity contribution in [3.63, 3.8) is 0 Å². The van der Waals surface area contributed by atoms with Crippen LogP contribution in [0.2, 0.25) is 0 Å². The molecule has 28 heavy (non-hydrogen) atoms. The molecule has 0 spiro atoms. The Morgan fingerprint density at radius 2 is 1.93 bits per heavy atom. The molecule has 2 aromatic rings. The summed E-state index contributed by atoms with van der Waals surface area (Å²) in [6.45, 7) is 3.65. The van der Waals surface area contributed by atoms with E-state index >= 15 is 0 Å². The Morgan fingerprint density at radius 1 is 1.18 bits per heavy atom. The molecule has 0 fully saturated rings. The Bertz CT molecular complexity index is 773. The summed E-state index contributed by atoms with van der Waals surface area (Å²) in [5.74, 6) is 1.51. The van der Waals surface area contributed by atoms with Crippen molar-refractivity contribution >= 4 is 23.2 Å². The maximum Gasteiger partial charge on any atom is 0.243 e. The second-order valence-electron chi connectivity index (χ2n) is 6.70. The zero-order valence-corrected chi connectivity index (χ0v) is 17.9. The van der Waals surface area contributed by atoms with Crippen LogP contribution in [-0.4, -0.2) is 57.6 Å². The second kappa shape index (κ2) is 11.3. The van der Waals surface area contributed by atoms with Gasteiger partial charge < -0.3 is 20.3 Å². The Morgan fingerprint density at radius 3 is 2.57 bits per heavy atom. The fourth-order valence-electron chi connectivity index (χ4n) is 2.64. The van der Waals surface area contributed by atoms with Crippen molar-refractivity contribution in [2.45, 2.75) is 19.8 Å². The lowest BCUT2D eigenvalue weighted by Crippen LogP contribution is -2.40. The van der Waals surface area contributed by atoms with Crippen LogP contribution in [0.3, 0.4) is 0 Å². The van der Waals surface area contributed by atoms with Gasteiger partial charge >= 0.3 is 0 Å². The molecule has 152 valence electrons. The number of benzene rings is 1. The van der Waals surface area contributed by atoms with Crippen LogP contribution in [0.1, 0.15) is 16.0 Å². The summed E-state index contributed by atoms with van der Waals surface area (Å²) in [6, 6.07) is 10.3. The number of guanidine groups is 1. The number of ether oxygens (including phenoxy) is 1. The number of nitrogens with zero attached hydrogens (tertiary/aromatic N) is 2. The van der Waals surface area contributed by atoms with Gasteiger partial charge in [-0.25, -0.2) is 4.99 Å². The van der Waals surface area contributed by atoms with E-state index in [-0.39, 0.29) is 12.5 Å². The number of amides is 1. The van der Waals surface area contributed by atoms with Gasteiger partial charge in [0, 0.05) is 32.1 Å². The molecule has 0 aliphatic heterocycles. The molecule has 2 N–H and O–H groups in total. The molecule has 6 nitrogen and oxygen atoms in total. The predicted octanol–water partition coefficient (Wildman–Crippen LogP) is 2.47. The van der Waals surface area contributed by atoms with Gasteiger partial charge in [-0.05, 0) is 42.8 Å². The van der Waals surface area contributed by atoms with Crippen molar-refractivity contribution in [3.8, 4) is 5.75 Å². The van der Waals surface area contributed by atoms with Crippen molar-refractivity contribution in [2.75, 3.05) is 40.8 Å². The third kappa shape index (κ3) is 7.23. The van der Waals surface area contributed by atoms with E-state index in [2.05, 4.69) is 46.1 Å². The van der Waals surface area contributed by atoms with Crippen molar-refractivity contribution < 1.29 is 9.53 Å². The molecule has 0 aliphatic carbocycles. The van der Waals surface area contributed by atoms with Crippen LogP contribution in [0.25, 0.3) is 0 Å². The number of aryl methyl sites for hydroxylation is 1. The lowest BCUT2D eigenvalue weighted by atomic mass is 10.1. The quantitative estimate of drug-likeness (QED) is 0.500. The highest BCUT2D eigenvalue weighted by Gasteiger charge is 2.07. The maximum atomic E-state index is 11.9. The van der Waals surface area contributed by atoms with E-state index in [1.807, 2.05) is 12.1 Å². The summed E-state index contributed by atoms with van der Waals surface area (Å²) >= 11 is 1.74. The number of nitrogens with one attached hydrogen (secondary N) is 2. The van der Waals surface area contributed by atoms with Crippen LogP contribution in [0.15, 0.2) is 40.7 Å². The van der Waals surface area contributed by atoms with Gasteiger partial charge in [-0.1, -0.05) is 23.8 Å². The highest BCUT2D eigenvalue weighted by Crippen LogP contribution is 2.19. The number of hydrogen-bond donors (Lipinski definition) is 2. The molecule has 7 heteroatoms. The molecule has 0 bridgehead atoms. The second-order valence-corrected chi connectivity index (χ2v) is 7.73. The van der Waals surface area contributed by atoms with E-state index in [9.17, 15) is 4.79 Å². The number of carbonyl (C=O) groups excluding carboxylic acids is 1. The van der Waals surface area contributed by atoms with Gasteiger partial charge in [0.25, 0.3) is 0 Å². The lowest BCUT2D eigenvalue weighted by molar-refractivity contribution is -0.127. The summed E-state index contributed by atoms with van der Waals surface area (Å²) in [4.78, 5) is 19.2. The van der Waals surface area contributed by atoms with Crippen LogP contribution >= 0.6 is 11.3 Å². The van der Waals surface area contributed by atoms with Crippen LogP contribution in [0.4, 0.5) is 0 Å². The minimum atomic E-state index is -0.0280. The van der Waals surface area contributed by atoms with Gasteiger partial charge in [-0.3, -0.25) is 4.79 Å². The van der Waals surface area contributed by atoms with E-state index in [0.29, 0.717) is 12.5 Å². The van der Waals surface area contributed by atoms with Gasteiger partial charge in [0.15, 0.2) is 5.96 Å². The first-order valence-corrected chi connectivity index (χ1v) is 10.3. The Hall–Kier alpha value is -2.54. The minimum Gasteiger partial charge on any atom is -0.496 e. The molecular formula is C21H30N4O2S. The molecule has 1 aromatic heterocycles. The molecule has 0 unspecified atom stereocenters. The molecular weight excluding hydrogens is 372 g/mol. The zero-order valence-electron chi connectivity index (χ0n) is 17.1. The largest absolute Gasteiger partial charge is 0.496 e.